The van der Waals surface area contributed by atoms with E-state index in [1.165, 1.54) is 6.42 Å². The SMILES string of the molecule is COC1(OC)CCC2=C(CCC3C2CC[C@@]2(C)C3CC[C@@]2(O)C#CCO)C1. The van der Waals surface area contributed by atoms with Gasteiger partial charge in [-0.3, -0.25) is 0 Å². The Bertz CT molecular complexity index is 682. The lowest BCUT2D eigenvalue weighted by molar-refractivity contribution is -0.213. The van der Waals surface area contributed by atoms with E-state index in [2.05, 4.69) is 18.8 Å². The molecule has 0 aromatic rings. The Morgan fingerprint density at radius 2 is 1.85 bits per heavy atom. The van der Waals surface area contributed by atoms with E-state index in [0.717, 1.165) is 51.4 Å². The molecule has 2 N–H and O–H groups in total. The Kier molecular flexibility index (Phi) is 4.96. The van der Waals surface area contributed by atoms with Gasteiger partial charge in [0, 0.05) is 32.5 Å². The summed E-state index contributed by atoms with van der Waals surface area (Å²) in [5, 5.41) is 20.4. The molecule has 0 spiro atoms. The van der Waals surface area contributed by atoms with Gasteiger partial charge in [-0.25, -0.2) is 0 Å². The van der Waals surface area contributed by atoms with Crippen LogP contribution >= 0.6 is 0 Å². The summed E-state index contributed by atoms with van der Waals surface area (Å²) in [4.78, 5) is 0. The molecule has 4 aliphatic carbocycles. The number of ether oxygens (including phenoxy) is 2. The molecule has 0 saturated heterocycles. The first-order chi connectivity index (χ1) is 12.9. The van der Waals surface area contributed by atoms with E-state index >= 15 is 0 Å². The van der Waals surface area contributed by atoms with E-state index in [4.69, 9.17) is 14.6 Å². The third-order valence-corrected chi connectivity index (χ3v) is 8.65. The van der Waals surface area contributed by atoms with E-state index in [9.17, 15) is 5.11 Å². The predicted molar refractivity (Wildman–Crippen MR) is 104 cm³/mol. The van der Waals surface area contributed by atoms with Crippen LogP contribution in [0.4, 0.5) is 0 Å². The first-order valence-electron chi connectivity index (χ1n) is 10.6. The minimum atomic E-state index is -0.937. The van der Waals surface area contributed by atoms with Crippen molar-refractivity contribution in [1.82, 2.24) is 0 Å². The summed E-state index contributed by atoms with van der Waals surface area (Å²) in [6, 6.07) is 0. The Morgan fingerprint density at radius 3 is 2.56 bits per heavy atom. The Hall–Kier alpha value is -0.860. The zero-order valence-corrected chi connectivity index (χ0v) is 17.0. The molecule has 150 valence electrons. The standard InChI is InChI=1S/C23H34O4/c1-21-11-7-18-17-8-13-23(26-2,27-3)15-16(17)5-6-19(18)20(21)9-12-22(21,25)10-4-14-24/h18-20,24-25H,5-9,11-15H2,1-3H3/t18?,19?,20?,21-,22-/m0/s1. The molecule has 2 fully saturated rings. The third kappa shape index (κ3) is 2.82. The number of allylic oxidation sites excluding steroid dienone is 1. The number of hydrogen-bond acceptors (Lipinski definition) is 4. The quantitative estimate of drug-likeness (QED) is 0.442. The molecule has 5 atom stereocenters. The molecule has 0 radical (unpaired) electrons. The van der Waals surface area contributed by atoms with Gasteiger partial charge in [-0.1, -0.05) is 29.9 Å². The molecule has 4 heteroatoms. The second kappa shape index (κ2) is 6.88. The highest BCUT2D eigenvalue weighted by molar-refractivity contribution is 5.31. The lowest BCUT2D eigenvalue weighted by Gasteiger charge is -2.54. The van der Waals surface area contributed by atoms with Crippen molar-refractivity contribution in [2.24, 2.45) is 23.2 Å². The van der Waals surface area contributed by atoms with Gasteiger partial charge in [0.25, 0.3) is 0 Å². The van der Waals surface area contributed by atoms with Crippen LogP contribution in [0.2, 0.25) is 0 Å². The minimum absolute atomic E-state index is 0.147. The van der Waals surface area contributed by atoms with Crippen LogP contribution in [-0.4, -0.2) is 42.4 Å². The summed E-state index contributed by atoms with van der Waals surface area (Å²) in [5.74, 6) is 7.20. The van der Waals surface area contributed by atoms with Gasteiger partial charge >= 0.3 is 0 Å². The minimum Gasteiger partial charge on any atom is -0.384 e. The highest BCUT2D eigenvalue weighted by Gasteiger charge is 2.61. The normalized spacial score (nSPS) is 42.6. The van der Waals surface area contributed by atoms with Crippen molar-refractivity contribution < 1.29 is 19.7 Å². The van der Waals surface area contributed by atoms with Gasteiger partial charge in [-0.05, 0) is 62.7 Å². The molecular formula is C23H34O4. The maximum atomic E-state index is 11.3. The molecule has 3 unspecified atom stereocenters. The highest BCUT2D eigenvalue weighted by atomic mass is 16.7. The molecule has 27 heavy (non-hydrogen) atoms. The number of rotatable bonds is 2. The van der Waals surface area contributed by atoms with Gasteiger partial charge < -0.3 is 19.7 Å². The predicted octanol–water partition coefficient (Wildman–Crippen LogP) is 3.42. The average molecular weight is 375 g/mol. The molecule has 0 aliphatic heterocycles. The number of hydrogen-bond donors (Lipinski definition) is 2. The van der Waals surface area contributed by atoms with Crippen LogP contribution in [0.5, 0.6) is 0 Å². The number of aliphatic hydroxyl groups is 2. The number of fused-ring (bicyclic) bond motifs is 4. The van der Waals surface area contributed by atoms with Crippen molar-refractivity contribution >= 4 is 0 Å². The fourth-order valence-electron chi connectivity index (χ4n) is 7.03. The maximum absolute atomic E-state index is 11.3. The van der Waals surface area contributed by atoms with Crippen LogP contribution in [0.15, 0.2) is 11.1 Å². The number of methoxy groups -OCH3 is 2. The maximum Gasteiger partial charge on any atom is 0.171 e. The van der Waals surface area contributed by atoms with Gasteiger partial charge in [-0.2, -0.15) is 0 Å². The van der Waals surface area contributed by atoms with Gasteiger partial charge in [0.1, 0.15) is 12.2 Å². The zero-order chi connectivity index (χ0) is 19.3. The largest absolute Gasteiger partial charge is 0.384 e. The molecule has 4 rings (SSSR count). The second-order valence-corrected chi connectivity index (χ2v) is 9.35. The van der Waals surface area contributed by atoms with Gasteiger partial charge in [0.2, 0.25) is 0 Å². The zero-order valence-electron chi connectivity index (χ0n) is 17.0. The summed E-state index contributed by atoms with van der Waals surface area (Å²) in [5.41, 5.74) is 2.16. The van der Waals surface area contributed by atoms with Crippen LogP contribution in [0, 0.1) is 35.0 Å². The first kappa shape index (κ1) is 19.5. The van der Waals surface area contributed by atoms with Crippen molar-refractivity contribution in [3.8, 4) is 11.8 Å². The summed E-state index contributed by atoms with van der Waals surface area (Å²) in [6.45, 7) is 2.07. The fourth-order valence-corrected chi connectivity index (χ4v) is 7.03. The third-order valence-electron chi connectivity index (χ3n) is 8.65. The molecule has 0 bridgehead atoms. The Balaban J connectivity index is 1.60. The summed E-state index contributed by atoms with van der Waals surface area (Å²) in [6.07, 6.45) is 9.23. The number of aliphatic hydroxyl groups excluding tert-OH is 1. The molecule has 4 aliphatic rings. The average Bonchev–Trinajstić information content (AvgIpc) is 2.97. The smallest absolute Gasteiger partial charge is 0.171 e. The fraction of sp³-hybridized carbons (Fsp3) is 0.826. The van der Waals surface area contributed by atoms with Crippen molar-refractivity contribution in [1.29, 1.82) is 0 Å². The van der Waals surface area contributed by atoms with Crippen LogP contribution in [0.1, 0.15) is 64.7 Å². The van der Waals surface area contributed by atoms with Crippen molar-refractivity contribution in [3.05, 3.63) is 11.1 Å². The first-order valence-corrected chi connectivity index (χ1v) is 10.6. The van der Waals surface area contributed by atoms with E-state index in [1.807, 2.05) is 0 Å². The summed E-state index contributed by atoms with van der Waals surface area (Å²) >= 11 is 0. The highest BCUT2D eigenvalue weighted by Crippen LogP contribution is 2.64. The molecule has 2 saturated carbocycles. The van der Waals surface area contributed by atoms with E-state index in [-0.39, 0.29) is 12.0 Å². The van der Waals surface area contributed by atoms with Crippen LogP contribution in [0.3, 0.4) is 0 Å². The van der Waals surface area contributed by atoms with E-state index in [0.29, 0.717) is 17.8 Å². The van der Waals surface area contributed by atoms with Crippen LogP contribution in [-0.2, 0) is 9.47 Å². The lowest BCUT2D eigenvalue weighted by atomic mass is 9.52. The van der Waals surface area contributed by atoms with Gasteiger partial charge in [-0.15, -0.1) is 0 Å². The topological polar surface area (TPSA) is 58.9 Å². The van der Waals surface area contributed by atoms with Crippen molar-refractivity contribution in [2.45, 2.75) is 76.1 Å². The molecule has 0 amide bonds. The monoisotopic (exact) mass is 374 g/mol. The summed E-state index contributed by atoms with van der Waals surface area (Å²) in [7, 11) is 3.53. The van der Waals surface area contributed by atoms with Crippen LogP contribution < -0.4 is 0 Å². The van der Waals surface area contributed by atoms with Gasteiger partial charge in [0.05, 0.1) is 0 Å². The Labute approximate surface area is 163 Å². The second-order valence-electron chi connectivity index (χ2n) is 9.35. The van der Waals surface area contributed by atoms with Crippen LogP contribution in [0.25, 0.3) is 0 Å². The Morgan fingerprint density at radius 1 is 1.07 bits per heavy atom. The van der Waals surface area contributed by atoms with Crippen molar-refractivity contribution in [3.63, 3.8) is 0 Å². The lowest BCUT2D eigenvalue weighted by Crippen LogP contribution is -2.51. The van der Waals surface area contributed by atoms with Gasteiger partial charge in [0.15, 0.2) is 5.79 Å². The molecule has 0 aromatic heterocycles. The van der Waals surface area contributed by atoms with E-state index in [1.54, 1.807) is 25.4 Å². The van der Waals surface area contributed by atoms with Crippen molar-refractivity contribution in [2.75, 3.05) is 20.8 Å². The molecule has 0 aromatic carbocycles. The summed E-state index contributed by atoms with van der Waals surface area (Å²) < 4.78 is 11.5. The molecule has 4 nitrogen and oxygen atoms in total. The molecule has 0 heterocycles. The van der Waals surface area contributed by atoms with E-state index < -0.39 is 11.4 Å². The molecular weight excluding hydrogens is 340 g/mol.